The number of esters is 2. The second-order valence-corrected chi connectivity index (χ2v) is 5.31. The van der Waals surface area contributed by atoms with Crippen LogP contribution in [0.25, 0.3) is 0 Å². The molecule has 22 heavy (non-hydrogen) atoms. The van der Waals surface area contributed by atoms with Gasteiger partial charge in [-0.2, -0.15) is 0 Å². The van der Waals surface area contributed by atoms with Crippen LogP contribution in [0.2, 0.25) is 0 Å². The molecule has 4 rings (SSSR count). The van der Waals surface area contributed by atoms with Gasteiger partial charge in [-0.15, -0.1) is 0 Å². The number of rotatable bonds is 0. The number of ether oxygens (including phenoxy) is 2. The van der Waals surface area contributed by atoms with E-state index in [0.717, 1.165) is 0 Å². The van der Waals surface area contributed by atoms with Crippen molar-refractivity contribution in [3.05, 3.63) is 47.5 Å². The third kappa shape index (κ3) is 1.49. The van der Waals surface area contributed by atoms with E-state index < -0.39 is 17.4 Å². The molecule has 1 spiro atoms. The highest BCUT2D eigenvalue weighted by molar-refractivity contribution is 6.00. The van der Waals surface area contributed by atoms with Gasteiger partial charge in [0.2, 0.25) is 0 Å². The molecule has 0 saturated heterocycles. The Morgan fingerprint density at radius 2 is 1.41 bits per heavy atom. The highest BCUT2D eigenvalue weighted by Gasteiger charge is 2.56. The van der Waals surface area contributed by atoms with Crippen LogP contribution < -0.4 is 9.47 Å². The summed E-state index contributed by atoms with van der Waals surface area (Å²) >= 11 is 0. The Hall–Kier alpha value is -3.02. The van der Waals surface area contributed by atoms with Gasteiger partial charge in [0.05, 0.1) is 6.42 Å². The molecule has 2 N–H and O–H groups in total. The van der Waals surface area contributed by atoms with E-state index in [2.05, 4.69) is 0 Å². The summed E-state index contributed by atoms with van der Waals surface area (Å²) in [7, 11) is 0. The third-order valence-corrected chi connectivity index (χ3v) is 4.03. The van der Waals surface area contributed by atoms with E-state index in [-0.39, 0.29) is 29.4 Å². The van der Waals surface area contributed by atoms with Crippen molar-refractivity contribution in [3.63, 3.8) is 0 Å². The number of phenolic OH excluding ortho intramolecular Hbond substituents is 2. The van der Waals surface area contributed by atoms with Crippen LogP contribution >= 0.6 is 0 Å². The predicted molar refractivity (Wildman–Crippen MR) is 72.9 cm³/mol. The topological polar surface area (TPSA) is 93.1 Å². The first-order valence-electron chi connectivity index (χ1n) is 6.61. The molecule has 110 valence electrons. The number of fused-ring (bicyclic) bond motifs is 4. The smallest absolute Gasteiger partial charge is 0.327 e. The van der Waals surface area contributed by atoms with Crippen molar-refractivity contribution >= 4 is 11.9 Å². The van der Waals surface area contributed by atoms with Gasteiger partial charge in [0.1, 0.15) is 28.4 Å². The van der Waals surface area contributed by atoms with Gasteiger partial charge in [0.25, 0.3) is 0 Å². The van der Waals surface area contributed by atoms with Crippen molar-refractivity contribution in [1.82, 2.24) is 0 Å². The lowest BCUT2D eigenvalue weighted by atomic mass is 9.71. The summed E-state index contributed by atoms with van der Waals surface area (Å²) in [6, 6.07) is 8.58. The Morgan fingerprint density at radius 1 is 0.864 bits per heavy atom. The van der Waals surface area contributed by atoms with Crippen LogP contribution in [-0.4, -0.2) is 22.2 Å². The maximum absolute atomic E-state index is 12.5. The van der Waals surface area contributed by atoms with E-state index in [1.165, 1.54) is 24.3 Å². The Kier molecular flexibility index (Phi) is 2.31. The van der Waals surface area contributed by atoms with Crippen LogP contribution in [0.1, 0.15) is 17.5 Å². The van der Waals surface area contributed by atoms with E-state index in [0.29, 0.717) is 11.1 Å². The average Bonchev–Trinajstić information content (AvgIpc) is 2.70. The van der Waals surface area contributed by atoms with Gasteiger partial charge in [-0.25, -0.2) is 0 Å². The molecule has 2 aromatic rings. The van der Waals surface area contributed by atoms with Crippen LogP contribution in [0, 0.1) is 0 Å². The molecule has 1 unspecified atom stereocenters. The lowest BCUT2D eigenvalue weighted by Crippen LogP contribution is -2.42. The summed E-state index contributed by atoms with van der Waals surface area (Å²) in [5, 5.41) is 19.1. The molecule has 6 nitrogen and oxygen atoms in total. The minimum Gasteiger partial charge on any atom is -0.508 e. The summed E-state index contributed by atoms with van der Waals surface area (Å²) in [6.07, 6.45) is -0.193. The van der Waals surface area contributed by atoms with Crippen molar-refractivity contribution in [1.29, 1.82) is 0 Å². The molecule has 2 aromatic carbocycles. The molecule has 0 aromatic heterocycles. The van der Waals surface area contributed by atoms with Gasteiger partial charge in [-0.3, -0.25) is 9.59 Å². The van der Waals surface area contributed by atoms with Gasteiger partial charge < -0.3 is 19.7 Å². The quantitative estimate of drug-likeness (QED) is 0.567. The molecule has 2 aliphatic rings. The number of carbonyl (C=O) groups is 2. The Labute approximate surface area is 124 Å². The van der Waals surface area contributed by atoms with Crippen molar-refractivity contribution in [2.45, 2.75) is 11.8 Å². The Morgan fingerprint density at radius 3 is 2.00 bits per heavy atom. The summed E-state index contributed by atoms with van der Waals surface area (Å²) in [5.41, 5.74) is -0.347. The zero-order valence-corrected chi connectivity index (χ0v) is 11.2. The Bertz CT molecular complexity index is 841. The monoisotopic (exact) mass is 298 g/mol. The van der Waals surface area contributed by atoms with Crippen LogP contribution in [-0.2, 0) is 15.0 Å². The first kappa shape index (κ1) is 12.7. The van der Waals surface area contributed by atoms with Crippen molar-refractivity contribution in [2.24, 2.45) is 0 Å². The standard InChI is InChI=1S/C16H10O6/c17-8-1-3-10-12(5-8)21-14(19)7-16(10)11-4-2-9(18)6-13(11)22-15(16)20/h1-6,17-18H,7H2. The third-order valence-electron chi connectivity index (χ3n) is 4.03. The molecule has 0 fully saturated rings. The second kappa shape index (κ2) is 4.00. The molecule has 2 aliphatic heterocycles. The maximum Gasteiger partial charge on any atom is 0.327 e. The van der Waals surface area contributed by atoms with Crippen LogP contribution in [0.4, 0.5) is 0 Å². The SMILES string of the molecule is O=C1CC2(C(=O)Oc3cc(O)ccc32)c2ccc(O)cc2O1. The number of benzene rings is 2. The first-order chi connectivity index (χ1) is 10.5. The normalized spacial score (nSPS) is 22.0. The molecule has 6 heteroatoms. The van der Waals surface area contributed by atoms with Gasteiger partial charge in [0.15, 0.2) is 0 Å². The molecule has 2 heterocycles. The van der Waals surface area contributed by atoms with Crippen molar-refractivity contribution < 1.29 is 29.3 Å². The van der Waals surface area contributed by atoms with E-state index >= 15 is 0 Å². The lowest BCUT2D eigenvalue weighted by molar-refractivity contribution is -0.145. The number of phenols is 2. The predicted octanol–water partition coefficient (Wildman–Crippen LogP) is 1.61. The van der Waals surface area contributed by atoms with E-state index in [4.69, 9.17) is 9.47 Å². The van der Waals surface area contributed by atoms with E-state index in [9.17, 15) is 19.8 Å². The van der Waals surface area contributed by atoms with Crippen LogP contribution in [0.3, 0.4) is 0 Å². The summed E-state index contributed by atoms with van der Waals surface area (Å²) in [6.45, 7) is 0. The number of aromatic hydroxyl groups is 2. The van der Waals surface area contributed by atoms with Gasteiger partial charge in [-0.1, -0.05) is 12.1 Å². The molecule has 1 atom stereocenters. The molecule has 0 aliphatic carbocycles. The summed E-state index contributed by atoms with van der Waals surface area (Å²) in [4.78, 5) is 24.5. The fraction of sp³-hybridized carbons (Fsp3) is 0.125. The van der Waals surface area contributed by atoms with Gasteiger partial charge in [0, 0.05) is 23.3 Å². The van der Waals surface area contributed by atoms with E-state index in [1.807, 2.05) is 0 Å². The molecular weight excluding hydrogens is 288 g/mol. The van der Waals surface area contributed by atoms with Crippen molar-refractivity contribution in [2.75, 3.05) is 0 Å². The minimum atomic E-state index is -1.30. The largest absolute Gasteiger partial charge is 0.508 e. The van der Waals surface area contributed by atoms with Gasteiger partial charge in [-0.05, 0) is 12.1 Å². The molecule has 0 radical (unpaired) electrons. The number of hydrogen-bond donors (Lipinski definition) is 2. The first-order valence-corrected chi connectivity index (χ1v) is 6.61. The fourth-order valence-corrected chi connectivity index (χ4v) is 3.09. The Balaban J connectivity index is 2.03. The van der Waals surface area contributed by atoms with Crippen LogP contribution in [0.5, 0.6) is 23.0 Å². The molecule has 0 bridgehead atoms. The highest BCUT2D eigenvalue weighted by atomic mass is 16.6. The molecular formula is C16H10O6. The number of carbonyl (C=O) groups excluding carboxylic acids is 2. The zero-order chi connectivity index (χ0) is 15.5. The lowest BCUT2D eigenvalue weighted by Gasteiger charge is -2.31. The second-order valence-electron chi connectivity index (χ2n) is 5.31. The average molecular weight is 298 g/mol. The number of hydrogen-bond acceptors (Lipinski definition) is 6. The fourth-order valence-electron chi connectivity index (χ4n) is 3.09. The summed E-state index contributed by atoms with van der Waals surface area (Å²) < 4.78 is 10.4. The van der Waals surface area contributed by atoms with Crippen LogP contribution in [0.15, 0.2) is 36.4 Å². The minimum absolute atomic E-state index is 0.0343. The van der Waals surface area contributed by atoms with E-state index in [1.54, 1.807) is 12.1 Å². The highest BCUT2D eigenvalue weighted by Crippen LogP contribution is 2.52. The molecule has 0 saturated carbocycles. The maximum atomic E-state index is 12.5. The van der Waals surface area contributed by atoms with Gasteiger partial charge >= 0.3 is 11.9 Å². The summed E-state index contributed by atoms with van der Waals surface area (Å²) in [5.74, 6) is -0.936. The molecule has 0 amide bonds. The zero-order valence-electron chi connectivity index (χ0n) is 11.2. The van der Waals surface area contributed by atoms with Crippen molar-refractivity contribution in [3.8, 4) is 23.0 Å².